The zero-order valence-corrected chi connectivity index (χ0v) is 18.2. The van der Waals surface area contributed by atoms with Crippen LogP contribution in [-0.2, 0) is 6.54 Å². The van der Waals surface area contributed by atoms with Crippen molar-refractivity contribution >= 4 is 16.8 Å². The third-order valence-electron chi connectivity index (χ3n) is 5.75. The van der Waals surface area contributed by atoms with E-state index in [2.05, 4.69) is 29.0 Å². The molecule has 1 unspecified atom stereocenters. The van der Waals surface area contributed by atoms with E-state index in [0.29, 0.717) is 22.4 Å². The minimum Gasteiger partial charge on any atom is -0.348 e. The number of rotatable bonds is 6. The Kier molecular flexibility index (Phi) is 6.23. The van der Waals surface area contributed by atoms with Gasteiger partial charge in [-0.15, -0.1) is 0 Å². The lowest BCUT2D eigenvalue weighted by molar-refractivity contribution is 0.0933. The van der Waals surface area contributed by atoms with Crippen LogP contribution in [0.1, 0.15) is 36.2 Å². The highest BCUT2D eigenvalue weighted by atomic mass is 19.1. The lowest BCUT2D eigenvalue weighted by atomic mass is 10.1. The molecule has 0 aliphatic carbocycles. The Morgan fingerprint density at radius 1 is 1.22 bits per heavy atom. The molecule has 1 saturated heterocycles. The summed E-state index contributed by atoms with van der Waals surface area (Å²) in [5.74, 6) is -0.521. The highest BCUT2D eigenvalue weighted by Gasteiger charge is 2.25. The maximum absolute atomic E-state index is 14.5. The van der Waals surface area contributed by atoms with Crippen LogP contribution in [0.3, 0.4) is 0 Å². The third kappa shape index (κ3) is 4.65. The fourth-order valence-corrected chi connectivity index (χ4v) is 4.32. The van der Waals surface area contributed by atoms with E-state index in [1.54, 1.807) is 30.3 Å². The lowest BCUT2D eigenvalue weighted by Crippen LogP contribution is -2.38. The first kappa shape index (κ1) is 22.0. The van der Waals surface area contributed by atoms with Crippen molar-refractivity contribution in [1.29, 1.82) is 0 Å². The van der Waals surface area contributed by atoms with Gasteiger partial charge in [-0.05, 0) is 42.2 Å². The fourth-order valence-electron chi connectivity index (χ4n) is 4.32. The smallest absolute Gasteiger partial charge is 0.329 e. The van der Waals surface area contributed by atoms with Gasteiger partial charge in [0.1, 0.15) is 5.82 Å². The Morgan fingerprint density at radius 3 is 2.78 bits per heavy atom. The number of hydrogen-bond donors (Lipinski definition) is 2. The molecular weight excluding hydrogens is 411 g/mol. The molecular formula is C24H27FN4O3. The van der Waals surface area contributed by atoms with Gasteiger partial charge in [0, 0.05) is 25.7 Å². The van der Waals surface area contributed by atoms with Crippen LogP contribution in [0.4, 0.5) is 4.39 Å². The van der Waals surface area contributed by atoms with Gasteiger partial charge in [-0.2, -0.15) is 0 Å². The molecule has 0 bridgehead atoms. The molecule has 1 atom stereocenters. The van der Waals surface area contributed by atoms with Gasteiger partial charge in [-0.3, -0.25) is 19.1 Å². The zero-order chi connectivity index (χ0) is 22.8. The second kappa shape index (κ2) is 9.08. The van der Waals surface area contributed by atoms with Crippen molar-refractivity contribution in [2.45, 2.75) is 32.9 Å². The molecule has 0 spiro atoms. The predicted octanol–water partition coefficient (Wildman–Crippen LogP) is 2.34. The van der Waals surface area contributed by atoms with Gasteiger partial charge in [0.2, 0.25) is 0 Å². The van der Waals surface area contributed by atoms with Gasteiger partial charge in [-0.1, -0.05) is 32.0 Å². The molecule has 1 aliphatic heterocycles. The number of aromatic nitrogens is 2. The molecule has 0 saturated carbocycles. The molecule has 1 fully saturated rings. The van der Waals surface area contributed by atoms with E-state index in [4.69, 9.17) is 0 Å². The predicted molar refractivity (Wildman–Crippen MR) is 121 cm³/mol. The summed E-state index contributed by atoms with van der Waals surface area (Å²) in [6.07, 6.45) is 0.832. The fraction of sp³-hybridized carbons (Fsp3) is 0.375. The van der Waals surface area contributed by atoms with E-state index >= 15 is 0 Å². The first-order valence-electron chi connectivity index (χ1n) is 10.9. The van der Waals surface area contributed by atoms with Crippen LogP contribution >= 0.6 is 0 Å². The quantitative estimate of drug-likeness (QED) is 0.619. The van der Waals surface area contributed by atoms with Crippen LogP contribution < -0.4 is 16.6 Å². The SMILES string of the molecule is CC(C)CN1CCC(NC(=O)c2cc(Cn3c(=O)[nH]c(=O)c4ccccc43)ccc2F)C1. The van der Waals surface area contributed by atoms with Crippen molar-refractivity contribution in [2.75, 3.05) is 19.6 Å². The van der Waals surface area contributed by atoms with E-state index in [-0.39, 0.29) is 18.2 Å². The number of para-hydroxylation sites is 1. The zero-order valence-electron chi connectivity index (χ0n) is 18.2. The summed E-state index contributed by atoms with van der Waals surface area (Å²) in [5, 5.41) is 3.33. The van der Waals surface area contributed by atoms with Crippen LogP contribution in [0.5, 0.6) is 0 Å². The number of H-pyrrole nitrogens is 1. The highest BCUT2D eigenvalue weighted by molar-refractivity contribution is 5.95. The average molecular weight is 439 g/mol. The van der Waals surface area contributed by atoms with Crippen molar-refractivity contribution in [3.63, 3.8) is 0 Å². The Bertz CT molecular complexity index is 1260. The number of amides is 1. The topological polar surface area (TPSA) is 87.2 Å². The summed E-state index contributed by atoms with van der Waals surface area (Å²) < 4.78 is 15.9. The number of benzene rings is 2. The van der Waals surface area contributed by atoms with Crippen LogP contribution in [0.2, 0.25) is 0 Å². The highest BCUT2D eigenvalue weighted by Crippen LogP contribution is 2.16. The molecule has 32 heavy (non-hydrogen) atoms. The first-order valence-corrected chi connectivity index (χ1v) is 10.9. The Hall–Kier alpha value is -3.26. The standard InChI is InChI=1S/C24H27FN4O3/c1-15(2)12-28-10-9-17(14-28)26-23(31)19-11-16(7-8-20(19)25)13-29-21-6-4-3-5-18(21)22(30)27-24(29)32/h3-8,11,15,17H,9-10,12-14H2,1-2H3,(H,26,31)(H,27,30,32). The van der Waals surface area contributed by atoms with Crippen LogP contribution in [0.15, 0.2) is 52.1 Å². The number of aromatic amines is 1. The number of hydrogen-bond acceptors (Lipinski definition) is 4. The van der Waals surface area contributed by atoms with Crippen molar-refractivity contribution in [3.8, 4) is 0 Å². The summed E-state index contributed by atoms with van der Waals surface area (Å²) in [7, 11) is 0. The Balaban J connectivity index is 1.55. The Morgan fingerprint density at radius 2 is 2.00 bits per heavy atom. The number of likely N-dealkylation sites (tertiary alicyclic amines) is 1. The normalized spacial score (nSPS) is 16.7. The number of nitrogens with one attached hydrogen (secondary N) is 2. The van der Waals surface area contributed by atoms with Gasteiger partial charge < -0.3 is 10.2 Å². The molecule has 4 rings (SSSR count). The van der Waals surface area contributed by atoms with Crippen LogP contribution in [0, 0.1) is 11.7 Å². The molecule has 168 valence electrons. The number of fused-ring (bicyclic) bond motifs is 1. The maximum atomic E-state index is 14.5. The second-order valence-corrected chi connectivity index (χ2v) is 8.79. The molecule has 1 aromatic heterocycles. The van der Waals surface area contributed by atoms with Crippen LogP contribution in [-0.4, -0.2) is 46.0 Å². The maximum Gasteiger partial charge on any atom is 0.329 e. The van der Waals surface area contributed by atoms with Crippen molar-refractivity contribution in [2.24, 2.45) is 5.92 Å². The van der Waals surface area contributed by atoms with Gasteiger partial charge in [0.25, 0.3) is 11.5 Å². The second-order valence-electron chi connectivity index (χ2n) is 8.79. The summed E-state index contributed by atoms with van der Waals surface area (Å²) >= 11 is 0. The summed E-state index contributed by atoms with van der Waals surface area (Å²) in [4.78, 5) is 41.9. The molecule has 1 amide bonds. The molecule has 2 N–H and O–H groups in total. The number of nitrogens with zero attached hydrogens (tertiary/aromatic N) is 2. The van der Waals surface area contributed by atoms with E-state index in [1.807, 2.05) is 0 Å². The molecule has 3 aromatic rings. The van der Waals surface area contributed by atoms with Crippen molar-refractivity contribution in [3.05, 3.63) is 80.2 Å². The lowest BCUT2D eigenvalue weighted by Gasteiger charge is -2.18. The third-order valence-corrected chi connectivity index (χ3v) is 5.75. The van der Waals surface area contributed by atoms with Gasteiger partial charge in [0.15, 0.2) is 0 Å². The molecule has 0 radical (unpaired) electrons. The van der Waals surface area contributed by atoms with E-state index in [1.165, 1.54) is 16.7 Å². The largest absolute Gasteiger partial charge is 0.348 e. The van der Waals surface area contributed by atoms with Crippen molar-refractivity contribution < 1.29 is 9.18 Å². The number of carbonyl (C=O) groups is 1. The van der Waals surface area contributed by atoms with Gasteiger partial charge >= 0.3 is 5.69 Å². The van der Waals surface area contributed by atoms with Gasteiger partial charge in [-0.25, -0.2) is 9.18 Å². The molecule has 7 nitrogen and oxygen atoms in total. The number of halogens is 1. The summed E-state index contributed by atoms with van der Waals surface area (Å²) in [6, 6.07) is 11.0. The molecule has 2 heterocycles. The van der Waals surface area contributed by atoms with Gasteiger partial charge in [0.05, 0.1) is 23.0 Å². The Labute approximate surface area is 184 Å². The minimum atomic E-state index is -0.609. The number of carbonyl (C=O) groups excluding carboxylic acids is 1. The van der Waals surface area contributed by atoms with Crippen LogP contribution in [0.25, 0.3) is 10.9 Å². The first-order chi connectivity index (χ1) is 15.3. The summed E-state index contributed by atoms with van der Waals surface area (Å²) in [6.45, 7) is 7.05. The monoisotopic (exact) mass is 438 g/mol. The molecule has 8 heteroatoms. The average Bonchev–Trinajstić information content (AvgIpc) is 3.18. The molecule has 1 aliphatic rings. The van der Waals surface area contributed by atoms with Crippen molar-refractivity contribution in [1.82, 2.24) is 19.8 Å². The van der Waals surface area contributed by atoms with E-state index < -0.39 is 23.0 Å². The summed E-state index contributed by atoms with van der Waals surface area (Å²) in [5.41, 5.74) is 0.00685. The van der Waals surface area contributed by atoms with E-state index in [9.17, 15) is 18.8 Å². The minimum absolute atomic E-state index is 0.0185. The molecule has 2 aromatic carbocycles. The van der Waals surface area contributed by atoms with E-state index in [0.717, 1.165) is 26.1 Å².